The number of benzene rings is 6. The van der Waals surface area contributed by atoms with Crippen LogP contribution in [0.25, 0.3) is 22.3 Å². The summed E-state index contributed by atoms with van der Waals surface area (Å²) < 4.78 is 82.7. The molecule has 0 radical (unpaired) electrons. The molecule has 0 aliphatic heterocycles. The molecule has 0 spiro atoms. The number of hydrogen-bond acceptors (Lipinski definition) is 2. The van der Waals surface area contributed by atoms with Gasteiger partial charge in [0.15, 0.2) is 0 Å². The zero-order valence-electron chi connectivity index (χ0n) is 26.0. The minimum absolute atomic E-state index is 0.0918. The molecule has 0 atom stereocenters. The highest BCUT2D eigenvalue weighted by molar-refractivity contribution is 5.79. The molecule has 2 nitrogen and oxygen atoms in total. The van der Waals surface area contributed by atoms with E-state index in [1.165, 1.54) is 30.9 Å². The molecule has 1 N–H and O–H groups in total. The topological polar surface area (TPSA) is 15.3 Å². The highest BCUT2D eigenvalue weighted by Gasteiger charge is 2.33. The molecule has 0 aliphatic carbocycles. The van der Waals surface area contributed by atoms with Crippen LogP contribution in [0.15, 0.2) is 140 Å². The van der Waals surface area contributed by atoms with Crippen LogP contribution in [-0.2, 0) is 12.4 Å². The summed E-state index contributed by atoms with van der Waals surface area (Å²) in [6, 6.07) is 40.1. The second kappa shape index (κ2) is 13.0. The Morgan fingerprint density at radius 1 is 0.417 bits per heavy atom. The SMILES string of the molecule is Cc1cc(N(c2ccc(Nc3ccc(-c4ccc(-c5ccccc5)cc4)cc3)cc2)c2cc(C)cc(C(F)(F)F)c2)cc(C(F)(F)F)c1. The van der Waals surface area contributed by atoms with Gasteiger partial charge >= 0.3 is 12.4 Å². The Morgan fingerprint density at radius 3 is 1.21 bits per heavy atom. The molecule has 0 aromatic heterocycles. The normalized spacial score (nSPS) is 11.8. The zero-order valence-corrected chi connectivity index (χ0v) is 26.0. The molecule has 0 fully saturated rings. The third kappa shape index (κ3) is 7.39. The van der Waals surface area contributed by atoms with Crippen LogP contribution in [0, 0.1) is 13.8 Å². The van der Waals surface area contributed by atoms with Gasteiger partial charge in [-0.3, -0.25) is 0 Å². The molecule has 0 amide bonds. The predicted molar refractivity (Wildman–Crippen MR) is 181 cm³/mol. The quantitative estimate of drug-likeness (QED) is 0.173. The Labute approximate surface area is 274 Å². The first kappa shape index (κ1) is 32.4. The Morgan fingerprint density at radius 2 is 0.792 bits per heavy atom. The second-order valence-corrected chi connectivity index (χ2v) is 11.6. The summed E-state index contributed by atoms with van der Waals surface area (Å²) in [4.78, 5) is 1.41. The Kier molecular flexibility index (Phi) is 8.75. The average molecular weight is 653 g/mol. The molecule has 0 unspecified atom stereocenters. The van der Waals surface area contributed by atoms with Crippen molar-refractivity contribution in [1.29, 1.82) is 0 Å². The van der Waals surface area contributed by atoms with Crippen LogP contribution in [0.5, 0.6) is 0 Å². The van der Waals surface area contributed by atoms with Gasteiger partial charge in [-0.15, -0.1) is 0 Å². The van der Waals surface area contributed by atoms with Gasteiger partial charge in [0.1, 0.15) is 0 Å². The molecule has 0 aliphatic rings. The summed E-state index contributed by atoms with van der Waals surface area (Å²) in [5.74, 6) is 0. The summed E-state index contributed by atoms with van der Waals surface area (Å²) in [6.45, 7) is 3.04. The summed E-state index contributed by atoms with van der Waals surface area (Å²) in [5, 5.41) is 3.32. The fourth-order valence-corrected chi connectivity index (χ4v) is 5.65. The van der Waals surface area contributed by atoms with Crippen LogP contribution in [-0.4, -0.2) is 0 Å². The number of nitrogens with zero attached hydrogens (tertiary/aromatic N) is 1. The Bertz CT molecular complexity index is 1950. The summed E-state index contributed by atoms with van der Waals surface area (Å²) in [6.07, 6.45) is -9.27. The summed E-state index contributed by atoms with van der Waals surface area (Å²) in [7, 11) is 0. The maximum Gasteiger partial charge on any atom is 0.416 e. The lowest BCUT2D eigenvalue weighted by Crippen LogP contribution is -2.14. The van der Waals surface area contributed by atoms with Gasteiger partial charge in [0.2, 0.25) is 0 Å². The highest BCUT2D eigenvalue weighted by Crippen LogP contribution is 2.42. The molecule has 0 heterocycles. The molecule has 6 aromatic rings. The smallest absolute Gasteiger partial charge is 0.356 e. The van der Waals surface area contributed by atoms with Crippen molar-refractivity contribution < 1.29 is 26.3 Å². The highest BCUT2D eigenvalue weighted by atomic mass is 19.4. The molecule has 0 saturated carbocycles. The van der Waals surface area contributed by atoms with E-state index in [1.54, 1.807) is 24.3 Å². The van der Waals surface area contributed by atoms with E-state index in [4.69, 9.17) is 0 Å². The van der Waals surface area contributed by atoms with Crippen LogP contribution in [0.3, 0.4) is 0 Å². The van der Waals surface area contributed by atoms with Crippen LogP contribution in [0.2, 0.25) is 0 Å². The second-order valence-electron chi connectivity index (χ2n) is 11.6. The van der Waals surface area contributed by atoms with E-state index in [1.807, 2.05) is 42.5 Å². The van der Waals surface area contributed by atoms with Crippen molar-refractivity contribution in [2.24, 2.45) is 0 Å². The number of alkyl halides is 6. The number of anilines is 5. The van der Waals surface area contributed by atoms with E-state index in [0.29, 0.717) is 22.5 Å². The summed E-state index contributed by atoms with van der Waals surface area (Å²) >= 11 is 0. The first-order valence-corrected chi connectivity index (χ1v) is 15.1. The van der Waals surface area contributed by atoms with Crippen LogP contribution >= 0.6 is 0 Å². The van der Waals surface area contributed by atoms with E-state index in [-0.39, 0.29) is 11.4 Å². The van der Waals surface area contributed by atoms with Crippen LogP contribution < -0.4 is 10.2 Å². The third-order valence-corrected chi connectivity index (χ3v) is 7.92. The van der Waals surface area contributed by atoms with E-state index in [2.05, 4.69) is 41.7 Å². The van der Waals surface area contributed by atoms with Crippen LogP contribution in [0.1, 0.15) is 22.3 Å². The first-order chi connectivity index (χ1) is 22.8. The minimum atomic E-state index is -4.63. The van der Waals surface area contributed by atoms with Gasteiger partial charge in [-0.05, 0) is 120 Å². The standard InChI is InChI=1S/C40H30F6N2/c1-26-20-32(39(41,42)43)24-37(22-26)48(38-23-27(2)21-33(25-38)40(44,45)46)36-18-16-35(17-19-36)47-34-14-12-31(13-15-34)30-10-8-29(9-11-30)28-6-4-3-5-7-28/h3-25,47H,1-2H3. The first-order valence-electron chi connectivity index (χ1n) is 15.1. The molecular formula is C40H30F6N2. The van der Waals surface area contributed by atoms with Gasteiger partial charge < -0.3 is 10.2 Å². The lowest BCUT2D eigenvalue weighted by atomic mass is 10.0. The van der Waals surface area contributed by atoms with Crippen molar-refractivity contribution in [3.8, 4) is 22.3 Å². The fraction of sp³-hybridized carbons (Fsp3) is 0.100. The predicted octanol–water partition coefficient (Wildman–Crippen LogP) is 12.9. The van der Waals surface area contributed by atoms with Crippen LogP contribution in [0.4, 0.5) is 54.8 Å². The monoisotopic (exact) mass is 652 g/mol. The van der Waals surface area contributed by atoms with Crippen molar-refractivity contribution in [2.45, 2.75) is 26.2 Å². The van der Waals surface area contributed by atoms with Crippen molar-refractivity contribution >= 4 is 28.4 Å². The maximum atomic E-state index is 13.8. The lowest BCUT2D eigenvalue weighted by Gasteiger charge is -2.28. The molecule has 48 heavy (non-hydrogen) atoms. The fourth-order valence-electron chi connectivity index (χ4n) is 5.65. The largest absolute Gasteiger partial charge is 0.416 e. The molecule has 8 heteroatoms. The van der Waals surface area contributed by atoms with Crippen molar-refractivity contribution in [3.05, 3.63) is 162 Å². The lowest BCUT2D eigenvalue weighted by molar-refractivity contribution is -0.138. The van der Waals surface area contributed by atoms with Gasteiger partial charge in [0.05, 0.1) is 11.1 Å². The Balaban J connectivity index is 1.28. The Hall–Kier alpha value is -5.50. The number of hydrogen-bond donors (Lipinski definition) is 1. The van der Waals surface area contributed by atoms with Gasteiger partial charge in [0.25, 0.3) is 0 Å². The van der Waals surface area contributed by atoms with Crippen molar-refractivity contribution in [2.75, 3.05) is 10.2 Å². The zero-order chi connectivity index (χ0) is 34.1. The number of halogens is 6. The van der Waals surface area contributed by atoms with Gasteiger partial charge in [-0.1, -0.05) is 66.7 Å². The maximum absolute atomic E-state index is 13.8. The molecule has 242 valence electrons. The van der Waals surface area contributed by atoms with Crippen molar-refractivity contribution in [1.82, 2.24) is 0 Å². The molecule has 0 saturated heterocycles. The number of rotatable bonds is 7. The molecule has 6 aromatic carbocycles. The third-order valence-electron chi connectivity index (χ3n) is 7.92. The molecular weight excluding hydrogens is 622 g/mol. The van der Waals surface area contributed by atoms with Crippen molar-refractivity contribution in [3.63, 3.8) is 0 Å². The van der Waals surface area contributed by atoms with E-state index in [0.717, 1.165) is 52.2 Å². The minimum Gasteiger partial charge on any atom is -0.356 e. The molecule has 6 rings (SSSR count). The van der Waals surface area contributed by atoms with Gasteiger partial charge in [-0.25, -0.2) is 0 Å². The molecule has 0 bridgehead atoms. The summed E-state index contributed by atoms with van der Waals surface area (Å²) in [5.41, 5.74) is 5.34. The van der Waals surface area contributed by atoms with Gasteiger partial charge in [0, 0.05) is 28.4 Å². The number of nitrogens with one attached hydrogen (secondary N) is 1. The van der Waals surface area contributed by atoms with E-state index >= 15 is 0 Å². The van der Waals surface area contributed by atoms with E-state index in [9.17, 15) is 26.3 Å². The van der Waals surface area contributed by atoms with E-state index < -0.39 is 23.5 Å². The van der Waals surface area contributed by atoms with Gasteiger partial charge in [-0.2, -0.15) is 26.3 Å². The number of aryl methyl sites for hydroxylation is 2. The average Bonchev–Trinajstić information content (AvgIpc) is 3.05.